The standard InChI is InChI=1S/C22H16ClF5N6O2/c1-8-20-32-19(21(36)31-9-5-10(35)6-9)33-34(20)13-7-29-18(22(26,27)28)16(23)15(13)17(30-8)14-11(24)3-2-4-12(14)25/h2-4,7-10,35H,5-6H2,1H3,(H,31,36)/t8-,9?,10?/m0/s1. The first kappa shape index (κ1) is 24.3. The summed E-state index contributed by atoms with van der Waals surface area (Å²) in [6.07, 6.45) is -3.98. The summed E-state index contributed by atoms with van der Waals surface area (Å²) in [7, 11) is 0. The number of fused-ring (bicyclic) bond motifs is 3. The highest BCUT2D eigenvalue weighted by Crippen LogP contribution is 2.40. The largest absolute Gasteiger partial charge is 0.434 e. The lowest BCUT2D eigenvalue weighted by Crippen LogP contribution is -2.47. The molecule has 0 bridgehead atoms. The van der Waals surface area contributed by atoms with Crippen LogP contribution in [0.4, 0.5) is 22.0 Å². The quantitative estimate of drug-likeness (QED) is 0.505. The van der Waals surface area contributed by atoms with Crippen molar-refractivity contribution in [1.29, 1.82) is 0 Å². The third-order valence-corrected chi connectivity index (χ3v) is 6.28. The maximum Gasteiger partial charge on any atom is 0.434 e. The van der Waals surface area contributed by atoms with Gasteiger partial charge < -0.3 is 10.4 Å². The summed E-state index contributed by atoms with van der Waals surface area (Å²) < 4.78 is 71.5. The second-order valence-corrected chi connectivity index (χ2v) is 8.81. The molecule has 5 rings (SSSR count). The molecule has 2 aromatic heterocycles. The Morgan fingerprint density at radius 1 is 1.19 bits per heavy atom. The van der Waals surface area contributed by atoms with Gasteiger partial charge in [-0.2, -0.15) is 13.2 Å². The second kappa shape index (κ2) is 8.59. The maximum atomic E-state index is 14.8. The van der Waals surface area contributed by atoms with Crippen molar-refractivity contribution in [2.75, 3.05) is 0 Å². The molecule has 2 aliphatic rings. The summed E-state index contributed by atoms with van der Waals surface area (Å²) in [6, 6.07) is 1.69. The number of hydrogen-bond acceptors (Lipinski definition) is 6. The molecule has 1 aromatic carbocycles. The highest BCUT2D eigenvalue weighted by molar-refractivity contribution is 6.37. The van der Waals surface area contributed by atoms with Gasteiger partial charge in [0, 0.05) is 11.6 Å². The molecule has 188 valence electrons. The molecule has 1 amide bonds. The van der Waals surface area contributed by atoms with Crippen LogP contribution in [-0.2, 0) is 6.18 Å². The smallest absolute Gasteiger partial charge is 0.393 e. The number of nitrogens with one attached hydrogen (secondary N) is 1. The van der Waals surface area contributed by atoms with Crippen LogP contribution >= 0.6 is 11.6 Å². The van der Waals surface area contributed by atoms with Gasteiger partial charge in [-0.15, -0.1) is 5.10 Å². The van der Waals surface area contributed by atoms with E-state index < -0.39 is 63.4 Å². The van der Waals surface area contributed by atoms with Gasteiger partial charge in [-0.3, -0.25) is 9.79 Å². The SMILES string of the molecule is C[C@@H]1N=C(c2c(F)cccc2F)c2c(cnc(C(F)(F)F)c2Cl)-n2nc(C(=O)NC3CC(O)C3)nc21. The summed E-state index contributed by atoms with van der Waals surface area (Å²) in [5.41, 5.74) is -3.30. The lowest BCUT2D eigenvalue weighted by molar-refractivity contribution is -0.141. The van der Waals surface area contributed by atoms with E-state index in [0.717, 1.165) is 29.1 Å². The molecule has 3 aromatic rings. The molecule has 8 nitrogen and oxygen atoms in total. The number of aliphatic imine (C=N–C) groups is 1. The zero-order chi connectivity index (χ0) is 25.9. The molecule has 2 N–H and O–H groups in total. The fourth-order valence-corrected chi connectivity index (χ4v) is 4.46. The van der Waals surface area contributed by atoms with E-state index in [-0.39, 0.29) is 23.4 Å². The molecule has 14 heteroatoms. The number of carbonyl (C=O) groups excluding carboxylic acids is 1. The fraction of sp³-hybridized carbons (Fsp3) is 0.318. The van der Waals surface area contributed by atoms with Gasteiger partial charge in [0.05, 0.1) is 34.3 Å². The zero-order valence-corrected chi connectivity index (χ0v) is 19.1. The number of nitrogens with zero attached hydrogens (tertiary/aromatic N) is 5. The van der Waals surface area contributed by atoms with Crippen LogP contribution in [0, 0.1) is 11.6 Å². The van der Waals surface area contributed by atoms with E-state index in [0.29, 0.717) is 12.8 Å². The molecule has 1 fully saturated rings. The summed E-state index contributed by atoms with van der Waals surface area (Å²) in [5, 5.41) is 15.3. The Balaban J connectivity index is 1.71. The summed E-state index contributed by atoms with van der Waals surface area (Å²) in [6.45, 7) is 1.47. The number of pyridine rings is 1. The lowest BCUT2D eigenvalue weighted by atomic mass is 9.89. The molecule has 1 aliphatic carbocycles. The van der Waals surface area contributed by atoms with Crippen molar-refractivity contribution in [2.24, 2.45) is 4.99 Å². The highest BCUT2D eigenvalue weighted by Gasteiger charge is 2.40. The van der Waals surface area contributed by atoms with Crippen molar-refractivity contribution >= 4 is 23.2 Å². The Kier molecular flexibility index (Phi) is 5.79. The van der Waals surface area contributed by atoms with E-state index in [1.165, 1.54) is 6.92 Å². The number of alkyl halides is 3. The lowest BCUT2D eigenvalue weighted by Gasteiger charge is -2.31. The number of aromatic nitrogens is 4. The van der Waals surface area contributed by atoms with Crippen molar-refractivity contribution < 1.29 is 31.9 Å². The number of carbonyl (C=O) groups is 1. The van der Waals surface area contributed by atoms with Gasteiger partial charge in [-0.1, -0.05) is 17.7 Å². The Hall–Kier alpha value is -3.45. The van der Waals surface area contributed by atoms with Crippen molar-refractivity contribution in [3.63, 3.8) is 0 Å². The molecule has 1 aliphatic heterocycles. The highest BCUT2D eigenvalue weighted by atomic mass is 35.5. The molecule has 36 heavy (non-hydrogen) atoms. The van der Waals surface area contributed by atoms with Gasteiger partial charge in [-0.05, 0) is 31.9 Å². The Morgan fingerprint density at radius 2 is 1.86 bits per heavy atom. The summed E-state index contributed by atoms with van der Waals surface area (Å²) in [4.78, 5) is 24.5. The van der Waals surface area contributed by atoms with Crippen LogP contribution < -0.4 is 5.32 Å². The molecular formula is C22H16ClF5N6O2. The minimum atomic E-state index is -4.98. The van der Waals surface area contributed by atoms with Crippen LogP contribution in [0.1, 0.15) is 59.1 Å². The Morgan fingerprint density at radius 3 is 2.47 bits per heavy atom. The molecular weight excluding hydrogens is 511 g/mol. The fourth-order valence-electron chi connectivity index (χ4n) is 4.11. The number of halogens is 6. The van der Waals surface area contributed by atoms with E-state index in [9.17, 15) is 31.9 Å². The average Bonchev–Trinajstić information content (AvgIpc) is 3.17. The van der Waals surface area contributed by atoms with Gasteiger partial charge in [0.2, 0.25) is 5.82 Å². The van der Waals surface area contributed by atoms with Crippen LogP contribution in [0.5, 0.6) is 0 Å². The number of hydrogen-bond donors (Lipinski definition) is 2. The van der Waals surface area contributed by atoms with Gasteiger partial charge in [0.25, 0.3) is 5.91 Å². The van der Waals surface area contributed by atoms with Crippen molar-refractivity contribution in [3.8, 4) is 5.69 Å². The van der Waals surface area contributed by atoms with E-state index >= 15 is 0 Å². The van der Waals surface area contributed by atoms with Crippen molar-refractivity contribution in [3.05, 3.63) is 69.5 Å². The molecule has 3 heterocycles. The van der Waals surface area contributed by atoms with Gasteiger partial charge >= 0.3 is 6.18 Å². The first-order valence-electron chi connectivity index (χ1n) is 10.7. The van der Waals surface area contributed by atoms with E-state index in [1.54, 1.807) is 0 Å². The van der Waals surface area contributed by atoms with Crippen LogP contribution in [-0.4, -0.2) is 48.6 Å². The summed E-state index contributed by atoms with van der Waals surface area (Å²) >= 11 is 6.15. The molecule has 0 saturated heterocycles. The van der Waals surface area contributed by atoms with Crippen molar-refractivity contribution in [1.82, 2.24) is 25.1 Å². The number of rotatable bonds is 3. The molecule has 0 unspecified atom stereocenters. The van der Waals surface area contributed by atoms with Crippen LogP contribution in [0.3, 0.4) is 0 Å². The normalized spacial score (nSPS) is 21.1. The van der Waals surface area contributed by atoms with E-state index in [4.69, 9.17) is 11.6 Å². The van der Waals surface area contributed by atoms with E-state index in [1.807, 2.05) is 0 Å². The van der Waals surface area contributed by atoms with Crippen LogP contribution in [0.15, 0.2) is 29.4 Å². The number of aliphatic hydroxyl groups excluding tert-OH is 1. The minimum Gasteiger partial charge on any atom is -0.393 e. The second-order valence-electron chi connectivity index (χ2n) is 8.43. The maximum absolute atomic E-state index is 14.8. The third kappa shape index (κ3) is 4.01. The topological polar surface area (TPSA) is 105 Å². The first-order chi connectivity index (χ1) is 17.0. The Bertz CT molecular complexity index is 1400. The molecule has 1 atom stereocenters. The van der Waals surface area contributed by atoms with E-state index in [2.05, 4.69) is 25.4 Å². The molecule has 0 radical (unpaired) electrons. The monoisotopic (exact) mass is 526 g/mol. The Labute approximate surface area is 204 Å². The number of aliphatic hydroxyl groups is 1. The third-order valence-electron chi connectivity index (χ3n) is 5.91. The number of benzene rings is 1. The van der Waals surface area contributed by atoms with Gasteiger partial charge in [0.1, 0.15) is 17.7 Å². The van der Waals surface area contributed by atoms with Crippen LogP contribution in [0.25, 0.3) is 5.69 Å². The van der Waals surface area contributed by atoms with Gasteiger partial charge in [0.15, 0.2) is 11.5 Å². The van der Waals surface area contributed by atoms with Gasteiger partial charge in [-0.25, -0.2) is 23.4 Å². The number of amides is 1. The first-order valence-corrected chi connectivity index (χ1v) is 11.1. The molecule has 0 spiro atoms. The van der Waals surface area contributed by atoms with Crippen LogP contribution in [0.2, 0.25) is 5.02 Å². The predicted molar refractivity (Wildman–Crippen MR) is 116 cm³/mol. The summed E-state index contributed by atoms with van der Waals surface area (Å²) in [5.74, 6) is -3.10. The molecule has 1 saturated carbocycles. The minimum absolute atomic E-state index is 0.0133. The van der Waals surface area contributed by atoms with Crippen molar-refractivity contribution in [2.45, 2.75) is 44.1 Å². The zero-order valence-electron chi connectivity index (χ0n) is 18.3. The predicted octanol–water partition coefficient (Wildman–Crippen LogP) is 3.78. The average molecular weight is 527 g/mol.